The van der Waals surface area contributed by atoms with E-state index in [4.69, 9.17) is 18.9 Å². The first kappa shape index (κ1) is 14.5. The molecule has 0 unspecified atom stereocenters. The highest BCUT2D eigenvalue weighted by molar-refractivity contribution is 6.01. The molecule has 0 fully saturated rings. The predicted octanol–water partition coefficient (Wildman–Crippen LogP) is 2.53. The second-order valence-electron chi connectivity index (χ2n) is 6.32. The Morgan fingerprint density at radius 3 is 2.68 bits per heavy atom. The van der Waals surface area contributed by atoms with Gasteiger partial charge >= 0.3 is 0 Å². The molecule has 3 heterocycles. The fourth-order valence-electron chi connectivity index (χ4n) is 4.10. The molecule has 0 bridgehead atoms. The third kappa shape index (κ3) is 1.82. The van der Waals surface area contributed by atoms with Crippen molar-refractivity contribution in [2.24, 2.45) is 0 Å². The van der Waals surface area contributed by atoms with E-state index in [1.807, 2.05) is 23.1 Å². The highest BCUT2D eigenvalue weighted by atomic mass is 16.7. The third-order valence-corrected chi connectivity index (χ3v) is 5.21. The van der Waals surface area contributed by atoms with Crippen LogP contribution in [0.2, 0.25) is 0 Å². The normalized spacial score (nSPS) is 19.4. The summed E-state index contributed by atoms with van der Waals surface area (Å²) in [7, 11) is 3.21. The fourth-order valence-corrected chi connectivity index (χ4v) is 4.10. The van der Waals surface area contributed by atoms with Crippen molar-refractivity contribution in [1.82, 2.24) is 4.90 Å². The monoisotopic (exact) mass is 339 g/mol. The van der Waals surface area contributed by atoms with Crippen molar-refractivity contribution in [2.75, 3.05) is 27.6 Å². The lowest BCUT2D eigenvalue weighted by Crippen LogP contribution is -2.35. The first-order valence-corrected chi connectivity index (χ1v) is 8.21. The van der Waals surface area contributed by atoms with E-state index >= 15 is 0 Å². The molecule has 0 spiro atoms. The van der Waals surface area contributed by atoms with E-state index in [1.54, 1.807) is 20.3 Å². The average molecular weight is 339 g/mol. The van der Waals surface area contributed by atoms with E-state index in [9.17, 15) is 4.79 Å². The number of amides is 1. The third-order valence-electron chi connectivity index (χ3n) is 5.21. The number of hydrogen-bond donors (Lipinski definition) is 0. The Kier molecular flexibility index (Phi) is 2.92. The average Bonchev–Trinajstić information content (AvgIpc) is 3.21. The van der Waals surface area contributed by atoms with Crippen LogP contribution in [0.3, 0.4) is 0 Å². The van der Waals surface area contributed by atoms with Crippen LogP contribution < -0.4 is 18.9 Å². The van der Waals surface area contributed by atoms with E-state index < -0.39 is 0 Å². The summed E-state index contributed by atoms with van der Waals surface area (Å²) in [6.45, 7) is 0.898. The molecule has 5 rings (SSSR count). The highest BCUT2D eigenvalue weighted by Gasteiger charge is 2.44. The molecule has 6 heteroatoms. The zero-order valence-electron chi connectivity index (χ0n) is 14.0. The highest BCUT2D eigenvalue weighted by Crippen LogP contribution is 2.51. The van der Waals surface area contributed by atoms with E-state index in [0.29, 0.717) is 23.6 Å². The largest absolute Gasteiger partial charge is 0.493 e. The topological polar surface area (TPSA) is 57.2 Å². The molecule has 0 saturated carbocycles. The summed E-state index contributed by atoms with van der Waals surface area (Å²) in [5.74, 6) is 2.78. The summed E-state index contributed by atoms with van der Waals surface area (Å²) in [4.78, 5) is 14.8. The number of hydrogen-bond acceptors (Lipinski definition) is 5. The van der Waals surface area contributed by atoms with E-state index in [2.05, 4.69) is 0 Å². The van der Waals surface area contributed by atoms with Crippen LogP contribution in [-0.2, 0) is 6.42 Å². The van der Waals surface area contributed by atoms with Gasteiger partial charge in [0, 0.05) is 17.7 Å². The standard InChI is InChI=1S/C19H17NO5/c1-22-13-4-3-11-16(18(13)23-2)17-12-8-15-14(24-9-25-15)7-10(12)5-6-20(17)19(11)21/h3-4,7-8,17H,5-6,9H2,1-2H3/t17-/m1/s1. The molecule has 0 radical (unpaired) electrons. The molecule has 0 saturated heterocycles. The Morgan fingerprint density at radius 1 is 1.12 bits per heavy atom. The number of rotatable bonds is 2. The van der Waals surface area contributed by atoms with Crippen LogP contribution in [0.5, 0.6) is 23.0 Å². The van der Waals surface area contributed by atoms with E-state index in [0.717, 1.165) is 29.0 Å². The molecule has 2 aromatic carbocycles. The summed E-state index contributed by atoms with van der Waals surface area (Å²) in [5, 5.41) is 0. The molecule has 128 valence electrons. The van der Waals surface area contributed by atoms with Gasteiger partial charge in [-0.2, -0.15) is 0 Å². The van der Waals surface area contributed by atoms with Crippen molar-refractivity contribution in [3.8, 4) is 23.0 Å². The van der Waals surface area contributed by atoms with Crippen molar-refractivity contribution >= 4 is 5.91 Å². The number of benzene rings is 2. The maximum atomic E-state index is 12.9. The molecular formula is C19H17NO5. The van der Waals surface area contributed by atoms with Crippen LogP contribution in [0.15, 0.2) is 24.3 Å². The lowest BCUT2D eigenvalue weighted by molar-refractivity contribution is 0.0739. The molecule has 0 N–H and O–H groups in total. The van der Waals surface area contributed by atoms with E-state index in [-0.39, 0.29) is 18.7 Å². The number of nitrogens with zero attached hydrogens (tertiary/aromatic N) is 1. The summed E-state index contributed by atoms with van der Waals surface area (Å²) in [6.07, 6.45) is 0.793. The van der Waals surface area contributed by atoms with Crippen LogP contribution in [-0.4, -0.2) is 38.4 Å². The lowest BCUT2D eigenvalue weighted by Gasteiger charge is -2.33. The van der Waals surface area contributed by atoms with Gasteiger partial charge in [0.25, 0.3) is 5.91 Å². The number of methoxy groups -OCH3 is 2. The molecule has 6 nitrogen and oxygen atoms in total. The van der Waals surface area contributed by atoms with Crippen molar-refractivity contribution in [3.63, 3.8) is 0 Å². The maximum Gasteiger partial charge on any atom is 0.255 e. The van der Waals surface area contributed by atoms with Crippen LogP contribution in [0, 0.1) is 0 Å². The molecule has 0 aromatic heterocycles. The second-order valence-corrected chi connectivity index (χ2v) is 6.32. The molecule has 3 aliphatic heterocycles. The molecule has 1 atom stereocenters. The van der Waals surface area contributed by atoms with Gasteiger partial charge in [-0.05, 0) is 41.8 Å². The van der Waals surface area contributed by atoms with Crippen LogP contribution >= 0.6 is 0 Å². The summed E-state index contributed by atoms with van der Waals surface area (Å²) in [6, 6.07) is 7.45. The van der Waals surface area contributed by atoms with Gasteiger partial charge in [-0.1, -0.05) is 0 Å². The van der Waals surface area contributed by atoms with Crippen molar-refractivity contribution in [3.05, 3.63) is 46.5 Å². The maximum absolute atomic E-state index is 12.9. The van der Waals surface area contributed by atoms with Gasteiger partial charge in [-0.15, -0.1) is 0 Å². The molecule has 0 aliphatic carbocycles. The zero-order valence-corrected chi connectivity index (χ0v) is 14.0. The second kappa shape index (κ2) is 5.05. The minimum Gasteiger partial charge on any atom is -0.493 e. The fraction of sp³-hybridized carbons (Fsp3) is 0.316. The summed E-state index contributed by atoms with van der Waals surface area (Å²) < 4.78 is 22.1. The summed E-state index contributed by atoms with van der Waals surface area (Å²) >= 11 is 0. The van der Waals surface area contributed by atoms with Crippen molar-refractivity contribution in [2.45, 2.75) is 12.5 Å². The minimum absolute atomic E-state index is 0.0317. The quantitative estimate of drug-likeness (QED) is 0.842. The van der Waals surface area contributed by atoms with Gasteiger partial charge in [0.05, 0.1) is 20.3 Å². The van der Waals surface area contributed by atoms with Gasteiger partial charge in [0.2, 0.25) is 6.79 Å². The van der Waals surface area contributed by atoms with Gasteiger partial charge < -0.3 is 23.8 Å². The Morgan fingerprint density at radius 2 is 1.92 bits per heavy atom. The lowest BCUT2D eigenvalue weighted by atomic mass is 9.89. The van der Waals surface area contributed by atoms with Crippen LogP contribution in [0.4, 0.5) is 0 Å². The Hall–Kier alpha value is -2.89. The minimum atomic E-state index is -0.189. The number of fused-ring (bicyclic) bond motifs is 6. The zero-order chi connectivity index (χ0) is 17.1. The molecule has 25 heavy (non-hydrogen) atoms. The predicted molar refractivity (Wildman–Crippen MR) is 88.7 cm³/mol. The Bertz CT molecular complexity index is 907. The molecular weight excluding hydrogens is 322 g/mol. The van der Waals surface area contributed by atoms with Crippen molar-refractivity contribution < 1.29 is 23.7 Å². The van der Waals surface area contributed by atoms with Gasteiger partial charge in [0.1, 0.15) is 0 Å². The Balaban J connectivity index is 1.76. The Labute approximate surface area is 144 Å². The first-order chi connectivity index (χ1) is 12.2. The number of ether oxygens (including phenoxy) is 4. The SMILES string of the molecule is COc1ccc2c(c1OC)[C@H]1c3cc4c(cc3CCN1C2=O)OCO4. The van der Waals surface area contributed by atoms with Crippen molar-refractivity contribution in [1.29, 1.82) is 0 Å². The number of carbonyl (C=O) groups is 1. The summed E-state index contributed by atoms with van der Waals surface area (Å²) in [5.41, 5.74) is 3.78. The van der Waals surface area contributed by atoms with Crippen LogP contribution in [0.25, 0.3) is 0 Å². The first-order valence-electron chi connectivity index (χ1n) is 8.21. The molecule has 3 aliphatic rings. The van der Waals surface area contributed by atoms with Gasteiger partial charge in [0.15, 0.2) is 23.0 Å². The van der Waals surface area contributed by atoms with Gasteiger partial charge in [-0.25, -0.2) is 0 Å². The molecule has 2 aromatic rings. The van der Waals surface area contributed by atoms with E-state index in [1.165, 1.54) is 5.56 Å². The number of carbonyl (C=O) groups excluding carboxylic acids is 1. The van der Waals surface area contributed by atoms with Gasteiger partial charge in [-0.3, -0.25) is 4.79 Å². The van der Waals surface area contributed by atoms with Crippen LogP contribution in [0.1, 0.15) is 33.1 Å². The molecule has 1 amide bonds. The smallest absolute Gasteiger partial charge is 0.255 e.